The summed E-state index contributed by atoms with van der Waals surface area (Å²) >= 11 is 1.34. The number of piperidine rings is 1. The maximum absolute atomic E-state index is 12.5. The minimum Gasteiger partial charge on any atom is -0.392 e. The first kappa shape index (κ1) is 23.8. The van der Waals surface area contributed by atoms with Crippen LogP contribution in [-0.4, -0.2) is 50.5 Å². The fourth-order valence-corrected chi connectivity index (χ4v) is 4.63. The number of nitrogens with one attached hydrogen (secondary N) is 2. The molecule has 1 aliphatic heterocycles. The molecule has 0 radical (unpaired) electrons. The van der Waals surface area contributed by atoms with Crippen molar-refractivity contribution in [2.45, 2.75) is 38.8 Å². The molecule has 3 N–H and O–H groups in total. The Kier molecular flexibility index (Phi) is 7.80. The fourth-order valence-electron chi connectivity index (χ4n) is 3.93. The number of hydrogen-bond donors (Lipinski definition) is 3. The van der Waals surface area contributed by atoms with Crippen molar-refractivity contribution in [3.8, 4) is 6.07 Å². The summed E-state index contributed by atoms with van der Waals surface area (Å²) in [7, 11) is 0. The van der Waals surface area contributed by atoms with E-state index in [-0.39, 0.29) is 18.4 Å². The van der Waals surface area contributed by atoms with Gasteiger partial charge in [0.2, 0.25) is 0 Å². The highest BCUT2D eigenvalue weighted by molar-refractivity contribution is 7.14. The summed E-state index contributed by atoms with van der Waals surface area (Å²) in [6.07, 6.45) is 2.01. The number of benzene rings is 1. The second kappa shape index (κ2) is 11.2. The van der Waals surface area contributed by atoms with E-state index in [9.17, 15) is 4.79 Å². The summed E-state index contributed by atoms with van der Waals surface area (Å²) in [6.45, 7) is 4.43. The number of anilines is 2. The van der Waals surface area contributed by atoms with Crippen molar-refractivity contribution < 1.29 is 9.90 Å². The summed E-state index contributed by atoms with van der Waals surface area (Å²) in [6, 6.07) is 11.5. The molecular weight excluding hydrogens is 450 g/mol. The van der Waals surface area contributed by atoms with E-state index < -0.39 is 0 Å². The van der Waals surface area contributed by atoms with Crippen LogP contribution in [0.5, 0.6) is 0 Å². The van der Waals surface area contributed by atoms with Gasteiger partial charge in [-0.1, -0.05) is 24.3 Å². The molecule has 1 atom stereocenters. The number of rotatable bonds is 8. The second-order valence-electron chi connectivity index (χ2n) is 8.31. The van der Waals surface area contributed by atoms with Gasteiger partial charge in [0, 0.05) is 36.1 Å². The maximum Gasteiger partial charge on any atom is 0.271 e. The number of likely N-dealkylation sites (tertiary alicyclic amines) is 1. The lowest BCUT2D eigenvalue weighted by Gasteiger charge is -2.30. The van der Waals surface area contributed by atoms with Crippen LogP contribution < -0.4 is 10.6 Å². The van der Waals surface area contributed by atoms with Crippen molar-refractivity contribution in [2.75, 3.05) is 25.0 Å². The maximum atomic E-state index is 12.5. The van der Waals surface area contributed by atoms with Gasteiger partial charge in [-0.05, 0) is 37.4 Å². The van der Waals surface area contributed by atoms with E-state index in [2.05, 4.69) is 31.6 Å². The molecule has 1 fully saturated rings. The molecule has 3 heterocycles. The van der Waals surface area contributed by atoms with Crippen LogP contribution in [0, 0.1) is 18.3 Å². The summed E-state index contributed by atoms with van der Waals surface area (Å²) < 4.78 is 0. The first-order chi connectivity index (χ1) is 16.5. The topological polar surface area (TPSA) is 127 Å². The molecule has 3 aromatic rings. The highest BCUT2D eigenvalue weighted by Crippen LogP contribution is 2.27. The highest BCUT2D eigenvalue weighted by atomic mass is 32.1. The molecular formula is C24H27N7O2S. The smallest absolute Gasteiger partial charge is 0.271 e. The van der Waals surface area contributed by atoms with Gasteiger partial charge in [-0.3, -0.25) is 9.69 Å². The average molecular weight is 478 g/mol. The number of aliphatic hydroxyl groups is 1. The Balaban J connectivity index is 1.38. The highest BCUT2D eigenvalue weighted by Gasteiger charge is 2.24. The summed E-state index contributed by atoms with van der Waals surface area (Å²) in [4.78, 5) is 28.4. The second-order valence-corrected chi connectivity index (χ2v) is 9.16. The normalized spacial score (nSPS) is 16.1. The van der Waals surface area contributed by atoms with E-state index in [1.807, 2.05) is 37.3 Å². The van der Waals surface area contributed by atoms with Gasteiger partial charge < -0.3 is 15.7 Å². The largest absolute Gasteiger partial charge is 0.392 e. The molecule has 4 rings (SSSR count). The lowest BCUT2D eigenvalue weighted by molar-refractivity contribution is 0.0946. The number of hydrogen-bond acceptors (Lipinski definition) is 9. The van der Waals surface area contributed by atoms with Crippen molar-refractivity contribution >= 4 is 28.2 Å². The van der Waals surface area contributed by atoms with Gasteiger partial charge in [0.1, 0.15) is 17.3 Å². The van der Waals surface area contributed by atoms with E-state index in [1.54, 1.807) is 5.38 Å². The zero-order valence-corrected chi connectivity index (χ0v) is 19.8. The Labute approximate surface area is 202 Å². The minimum absolute atomic E-state index is 0.00507. The van der Waals surface area contributed by atoms with Crippen LogP contribution in [0.15, 0.2) is 35.7 Å². The van der Waals surface area contributed by atoms with Gasteiger partial charge in [0.25, 0.3) is 5.91 Å². The molecule has 0 spiro atoms. The number of amides is 1. The van der Waals surface area contributed by atoms with E-state index in [0.29, 0.717) is 29.7 Å². The van der Waals surface area contributed by atoms with Gasteiger partial charge in [0.05, 0.1) is 19.2 Å². The Morgan fingerprint density at radius 2 is 2.06 bits per heavy atom. The molecule has 34 heavy (non-hydrogen) atoms. The third kappa shape index (κ3) is 6.14. The van der Waals surface area contributed by atoms with Gasteiger partial charge in [-0.25, -0.2) is 15.0 Å². The molecule has 0 saturated carbocycles. The molecule has 1 amide bonds. The van der Waals surface area contributed by atoms with Crippen LogP contribution in [0.1, 0.15) is 51.9 Å². The zero-order chi connectivity index (χ0) is 23.9. The molecule has 1 saturated heterocycles. The van der Waals surface area contributed by atoms with Gasteiger partial charge in [-0.15, -0.1) is 11.3 Å². The molecule has 1 aromatic carbocycles. The Bertz CT molecular complexity index is 1170. The van der Waals surface area contributed by atoms with Crippen LogP contribution in [0.2, 0.25) is 0 Å². The van der Waals surface area contributed by atoms with Crippen LogP contribution in [0.25, 0.3) is 0 Å². The van der Waals surface area contributed by atoms with Crippen molar-refractivity contribution in [3.05, 3.63) is 64.1 Å². The SMILES string of the molecule is Cc1cc(Nc2nc(C(=O)NCc3ccc(CO)cc3)cs2)nc([C@H]2CCCN(CC#N)C2)n1. The number of carbonyl (C=O) groups excluding carboxylic acids is 1. The van der Waals surface area contributed by atoms with Crippen LogP contribution in [-0.2, 0) is 13.2 Å². The lowest BCUT2D eigenvalue weighted by atomic mass is 9.97. The zero-order valence-electron chi connectivity index (χ0n) is 19.0. The van der Waals surface area contributed by atoms with E-state index in [0.717, 1.165) is 48.6 Å². The van der Waals surface area contributed by atoms with E-state index in [1.165, 1.54) is 11.3 Å². The third-order valence-corrected chi connectivity index (χ3v) is 6.42. The summed E-state index contributed by atoms with van der Waals surface area (Å²) in [5.41, 5.74) is 2.96. The quantitative estimate of drug-likeness (QED) is 0.422. The average Bonchev–Trinajstić information content (AvgIpc) is 3.31. The fraction of sp³-hybridized carbons (Fsp3) is 0.375. The molecule has 2 aromatic heterocycles. The van der Waals surface area contributed by atoms with Crippen molar-refractivity contribution in [3.63, 3.8) is 0 Å². The number of aromatic nitrogens is 3. The van der Waals surface area contributed by atoms with Crippen LogP contribution in [0.3, 0.4) is 0 Å². The first-order valence-electron chi connectivity index (χ1n) is 11.2. The van der Waals surface area contributed by atoms with Crippen molar-refractivity contribution in [1.29, 1.82) is 5.26 Å². The third-order valence-electron chi connectivity index (χ3n) is 5.67. The van der Waals surface area contributed by atoms with Gasteiger partial charge >= 0.3 is 0 Å². The Morgan fingerprint density at radius 3 is 2.82 bits per heavy atom. The lowest BCUT2D eigenvalue weighted by Crippen LogP contribution is -2.35. The summed E-state index contributed by atoms with van der Waals surface area (Å²) in [5.74, 6) is 1.35. The molecule has 0 unspecified atom stereocenters. The predicted octanol–water partition coefficient (Wildman–Crippen LogP) is 3.11. The molecule has 9 nitrogen and oxygen atoms in total. The monoisotopic (exact) mass is 477 g/mol. The van der Waals surface area contributed by atoms with E-state index in [4.69, 9.17) is 15.4 Å². The molecule has 176 valence electrons. The van der Waals surface area contributed by atoms with Gasteiger partial charge in [0.15, 0.2) is 5.13 Å². The number of aryl methyl sites for hydroxylation is 1. The summed E-state index contributed by atoms with van der Waals surface area (Å²) in [5, 5.41) is 26.5. The van der Waals surface area contributed by atoms with Crippen LogP contribution >= 0.6 is 11.3 Å². The predicted molar refractivity (Wildman–Crippen MR) is 130 cm³/mol. The molecule has 0 bridgehead atoms. The minimum atomic E-state index is -0.255. The Morgan fingerprint density at radius 1 is 1.26 bits per heavy atom. The van der Waals surface area contributed by atoms with Gasteiger partial charge in [-0.2, -0.15) is 5.26 Å². The number of aliphatic hydroxyl groups excluding tert-OH is 1. The van der Waals surface area contributed by atoms with Crippen molar-refractivity contribution in [1.82, 2.24) is 25.2 Å². The number of nitriles is 1. The number of nitrogens with zero attached hydrogens (tertiary/aromatic N) is 5. The van der Waals surface area contributed by atoms with Crippen LogP contribution in [0.4, 0.5) is 10.9 Å². The Hall–Kier alpha value is -3.39. The molecule has 1 aliphatic rings. The molecule has 10 heteroatoms. The number of thiazole rings is 1. The van der Waals surface area contributed by atoms with Crippen molar-refractivity contribution in [2.24, 2.45) is 0 Å². The number of carbonyl (C=O) groups is 1. The first-order valence-corrected chi connectivity index (χ1v) is 12.1. The standard InChI is InChI=1S/C24H27N7O2S/c1-16-11-21(29-22(27-16)19-3-2-9-31(13-19)10-8-25)30-24-28-20(15-34-24)23(33)26-12-17-4-6-18(14-32)7-5-17/h4-7,11,15,19,32H,2-3,9-10,12-14H2,1H3,(H,26,33)(H,27,28,29,30)/t19-/m0/s1. The molecule has 0 aliphatic carbocycles. The van der Waals surface area contributed by atoms with E-state index >= 15 is 0 Å².